The van der Waals surface area contributed by atoms with Gasteiger partial charge >= 0.3 is 6.09 Å². The maximum absolute atomic E-state index is 12.5. The summed E-state index contributed by atoms with van der Waals surface area (Å²) in [5.41, 5.74) is -0.695. The van der Waals surface area contributed by atoms with Crippen molar-refractivity contribution in [2.24, 2.45) is 5.92 Å². The topological polar surface area (TPSA) is 167 Å². The van der Waals surface area contributed by atoms with Crippen LogP contribution in [0, 0.1) is 5.92 Å². The lowest BCUT2D eigenvalue weighted by Crippen LogP contribution is -2.42. The number of benzene rings is 1. The number of carbonyl (C=O) groups excluding carboxylic acids is 2. The highest BCUT2D eigenvalue weighted by molar-refractivity contribution is 5.91. The van der Waals surface area contributed by atoms with Crippen LogP contribution in [-0.2, 0) is 23.4 Å². The molecule has 2 atom stereocenters. The van der Waals surface area contributed by atoms with Crippen molar-refractivity contribution in [1.29, 1.82) is 0 Å². The van der Waals surface area contributed by atoms with Gasteiger partial charge in [-0.2, -0.15) is 0 Å². The van der Waals surface area contributed by atoms with E-state index in [1.165, 1.54) is 12.5 Å². The minimum atomic E-state index is -1.67. The highest BCUT2D eigenvalue weighted by atomic mass is 16.4. The van der Waals surface area contributed by atoms with Crippen LogP contribution >= 0.6 is 0 Å². The first-order valence-electron chi connectivity index (χ1n) is 12.0. The lowest BCUT2D eigenvalue weighted by molar-refractivity contribution is -0.123. The number of amides is 3. The average molecular weight is 513 g/mol. The Hall–Kier alpha value is -4.12. The van der Waals surface area contributed by atoms with Crippen molar-refractivity contribution in [2.75, 3.05) is 13.1 Å². The van der Waals surface area contributed by atoms with E-state index < -0.39 is 17.6 Å². The van der Waals surface area contributed by atoms with Crippen molar-refractivity contribution in [3.63, 3.8) is 0 Å². The summed E-state index contributed by atoms with van der Waals surface area (Å²) in [4.78, 5) is 39.8. The molecule has 198 valence electrons. The molecular formula is C26H32N4O7. The van der Waals surface area contributed by atoms with Crippen molar-refractivity contribution in [3.8, 4) is 0 Å². The van der Waals surface area contributed by atoms with Crippen LogP contribution in [0.3, 0.4) is 0 Å². The molecule has 0 fully saturated rings. The molecule has 3 aromatic rings. The molecule has 0 saturated heterocycles. The van der Waals surface area contributed by atoms with E-state index in [-0.39, 0.29) is 55.9 Å². The average Bonchev–Trinajstić information content (AvgIpc) is 3.58. The Labute approximate surface area is 214 Å². The number of hydrogen-bond donors (Lipinski definition) is 5. The molecule has 11 heteroatoms. The summed E-state index contributed by atoms with van der Waals surface area (Å²) in [7, 11) is 0. The zero-order chi connectivity index (χ0) is 26.7. The van der Waals surface area contributed by atoms with E-state index in [2.05, 4.69) is 20.9 Å². The standard InChI is InChI=1S/C26H32N4O7/c1-18(10-12-27-25(33)34)14-22(31)29-17-26(35,11-9-19-6-3-2-4-7-19)24-30-21(16-37-24)23(32)28-15-20-8-5-13-36-20/h2-8,13,16,18,27,35H,9-12,14-15,17H2,1H3,(H,28,32)(H,29,31)(H,33,34). The van der Waals surface area contributed by atoms with E-state index in [4.69, 9.17) is 13.9 Å². The van der Waals surface area contributed by atoms with Crippen molar-refractivity contribution < 1.29 is 33.4 Å². The number of hydrogen-bond acceptors (Lipinski definition) is 7. The molecule has 0 aliphatic heterocycles. The molecule has 2 unspecified atom stereocenters. The van der Waals surface area contributed by atoms with E-state index in [0.717, 1.165) is 5.56 Å². The van der Waals surface area contributed by atoms with Gasteiger partial charge in [0.05, 0.1) is 19.4 Å². The van der Waals surface area contributed by atoms with Gasteiger partial charge in [0.15, 0.2) is 11.3 Å². The largest absolute Gasteiger partial charge is 0.467 e. The first-order valence-corrected chi connectivity index (χ1v) is 12.0. The fourth-order valence-electron chi connectivity index (χ4n) is 3.69. The zero-order valence-electron chi connectivity index (χ0n) is 20.6. The third-order valence-corrected chi connectivity index (χ3v) is 5.83. The van der Waals surface area contributed by atoms with Crippen LogP contribution in [0.5, 0.6) is 0 Å². The van der Waals surface area contributed by atoms with Crippen molar-refractivity contribution >= 4 is 17.9 Å². The van der Waals surface area contributed by atoms with Crippen LogP contribution in [-0.4, -0.2) is 46.2 Å². The normalized spacial score (nSPS) is 13.4. The van der Waals surface area contributed by atoms with Gasteiger partial charge in [-0.05, 0) is 42.9 Å². The Morgan fingerprint density at radius 1 is 1.05 bits per heavy atom. The van der Waals surface area contributed by atoms with E-state index >= 15 is 0 Å². The Bertz CT molecular complexity index is 1150. The Morgan fingerprint density at radius 2 is 1.84 bits per heavy atom. The summed E-state index contributed by atoms with van der Waals surface area (Å²) in [6.45, 7) is 2.08. The van der Waals surface area contributed by atoms with Gasteiger partial charge in [-0.15, -0.1) is 0 Å². The Kier molecular flexibility index (Phi) is 9.84. The van der Waals surface area contributed by atoms with Gasteiger partial charge in [0.1, 0.15) is 12.0 Å². The number of nitrogens with zero attached hydrogens (tertiary/aromatic N) is 1. The minimum absolute atomic E-state index is 0.00873. The maximum atomic E-state index is 12.5. The fourth-order valence-corrected chi connectivity index (χ4v) is 3.69. The molecule has 0 aliphatic rings. The van der Waals surface area contributed by atoms with Crippen LogP contribution in [0.2, 0.25) is 0 Å². The molecule has 1 aromatic carbocycles. The van der Waals surface area contributed by atoms with E-state index in [0.29, 0.717) is 18.6 Å². The SMILES string of the molecule is CC(CCNC(=O)O)CC(=O)NCC(O)(CCc1ccccc1)c1nc(C(=O)NCc2ccco2)co1. The molecule has 2 aromatic heterocycles. The number of rotatable bonds is 14. The Balaban J connectivity index is 1.64. The smallest absolute Gasteiger partial charge is 0.404 e. The van der Waals surface area contributed by atoms with Crippen LogP contribution in [0.4, 0.5) is 4.79 Å². The van der Waals surface area contributed by atoms with E-state index in [9.17, 15) is 19.5 Å². The lowest BCUT2D eigenvalue weighted by atomic mass is 9.94. The molecule has 3 rings (SSSR count). The van der Waals surface area contributed by atoms with Crippen LogP contribution in [0.25, 0.3) is 0 Å². The van der Waals surface area contributed by atoms with Gasteiger partial charge in [0, 0.05) is 13.0 Å². The predicted octanol–water partition coefficient (Wildman–Crippen LogP) is 2.82. The zero-order valence-corrected chi connectivity index (χ0v) is 20.6. The summed E-state index contributed by atoms with van der Waals surface area (Å²) in [5, 5.41) is 27.9. The number of aliphatic hydroxyl groups is 1. The highest BCUT2D eigenvalue weighted by Gasteiger charge is 2.36. The van der Waals surface area contributed by atoms with Crippen molar-refractivity contribution in [2.45, 2.75) is 44.8 Å². The summed E-state index contributed by atoms with van der Waals surface area (Å²) < 4.78 is 10.7. The molecular weight excluding hydrogens is 480 g/mol. The highest BCUT2D eigenvalue weighted by Crippen LogP contribution is 2.26. The second-order valence-electron chi connectivity index (χ2n) is 8.92. The summed E-state index contributed by atoms with van der Waals surface area (Å²) in [6.07, 6.45) is 2.87. The summed E-state index contributed by atoms with van der Waals surface area (Å²) in [5.74, 6) is -0.373. The van der Waals surface area contributed by atoms with Gasteiger partial charge < -0.3 is 35.0 Å². The van der Waals surface area contributed by atoms with Gasteiger partial charge in [-0.3, -0.25) is 9.59 Å². The number of carbonyl (C=O) groups is 3. The molecule has 0 bridgehead atoms. The molecule has 11 nitrogen and oxygen atoms in total. The molecule has 0 aliphatic carbocycles. The van der Waals surface area contributed by atoms with Crippen LogP contribution in [0.1, 0.15) is 53.9 Å². The van der Waals surface area contributed by atoms with Gasteiger partial charge in [-0.25, -0.2) is 9.78 Å². The molecule has 2 heterocycles. The summed E-state index contributed by atoms with van der Waals surface area (Å²) >= 11 is 0. The fraction of sp³-hybridized carbons (Fsp3) is 0.385. The number of furan rings is 1. The maximum Gasteiger partial charge on any atom is 0.404 e. The molecule has 3 amide bonds. The molecule has 5 N–H and O–H groups in total. The van der Waals surface area contributed by atoms with Crippen LogP contribution in [0.15, 0.2) is 63.8 Å². The number of aryl methyl sites for hydroxylation is 1. The third-order valence-electron chi connectivity index (χ3n) is 5.83. The van der Waals surface area contributed by atoms with Crippen molar-refractivity contribution in [3.05, 3.63) is 77.9 Å². The predicted molar refractivity (Wildman–Crippen MR) is 132 cm³/mol. The number of nitrogens with one attached hydrogen (secondary N) is 3. The van der Waals surface area contributed by atoms with Gasteiger partial charge in [0.25, 0.3) is 5.91 Å². The van der Waals surface area contributed by atoms with E-state index in [1.54, 1.807) is 12.1 Å². The number of carboxylic acid groups (broad SMARTS) is 1. The van der Waals surface area contributed by atoms with Crippen LogP contribution < -0.4 is 16.0 Å². The van der Waals surface area contributed by atoms with Gasteiger partial charge in [0.2, 0.25) is 11.8 Å². The van der Waals surface area contributed by atoms with E-state index in [1.807, 2.05) is 37.3 Å². The number of aromatic nitrogens is 1. The third kappa shape index (κ3) is 8.80. The molecule has 0 saturated carbocycles. The van der Waals surface area contributed by atoms with Crippen molar-refractivity contribution in [1.82, 2.24) is 20.9 Å². The monoisotopic (exact) mass is 512 g/mol. The molecule has 37 heavy (non-hydrogen) atoms. The second kappa shape index (κ2) is 13.3. The summed E-state index contributed by atoms with van der Waals surface area (Å²) in [6, 6.07) is 13.0. The number of oxazole rings is 1. The lowest BCUT2D eigenvalue weighted by Gasteiger charge is -2.25. The molecule has 0 radical (unpaired) electrons. The second-order valence-corrected chi connectivity index (χ2v) is 8.92. The first-order chi connectivity index (χ1) is 17.7. The molecule has 0 spiro atoms. The quantitative estimate of drug-likeness (QED) is 0.220. The Morgan fingerprint density at radius 3 is 2.54 bits per heavy atom. The van der Waals surface area contributed by atoms with Gasteiger partial charge in [-0.1, -0.05) is 37.3 Å². The first kappa shape index (κ1) is 27.5. The minimum Gasteiger partial charge on any atom is -0.467 e.